The van der Waals surface area contributed by atoms with E-state index in [1.54, 1.807) is 0 Å². The summed E-state index contributed by atoms with van der Waals surface area (Å²) in [4.78, 5) is 11.5. The van der Waals surface area contributed by atoms with Crippen LogP contribution in [0, 0.1) is 11.8 Å². The van der Waals surface area contributed by atoms with Gasteiger partial charge in [-0.3, -0.25) is 4.79 Å². The Morgan fingerprint density at radius 1 is 1.47 bits per heavy atom. The smallest absolute Gasteiger partial charge is 0.223 e. The molecule has 0 radical (unpaired) electrons. The quantitative estimate of drug-likeness (QED) is 0.897. The normalized spacial score (nSPS) is 23.6. The fraction of sp³-hybridized carbons (Fsp3) is 0.417. The van der Waals surface area contributed by atoms with E-state index in [0.29, 0.717) is 12.5 Å². The minimum absolute atomic E-state index is 0.199. The Morgan fingerprint density at radius 2 is 2.07 bits per heavy atom. The molecule has 1 aliphatic rings. The van der Waals surface area contributed by atoms with Gasteiger partial charge >= 0.3 is 0 Å². The number of benzene rings is 1. The van der Waals surface area contributed by atoms with Gasteiger partial charge in [-0.25, -0.2) is 0 Å². The summed E-state index contributed by atoms with van der Waals surface area (Å²) >= 11 is 3.38. The fourth-order valence-corrected chi connectivity index (χ4v) is 1.87. The standard InChI is InChI=1S/C12H14BrNO/c1-8-6-11(8)12(15)14-7-9-2-4-10(13)5-3-9/h2-5,8,11H,6-7H2,1H3,(H,14,15). The number of rotatable bonds is 3. The Morgan fingerprint density at radius 3 is 2.60 bits per heavy atom. The number of halogens is 1. The number of carbonyl (C=O) groups excluding carboxylic acids is 1. The molecule has 0 saturated heterocycles. The van der Waals surface area contributed by atoms with Crippen molar-refractivity contribution in [2.24, 2.45) is 11.8 Å². The maximum Gasteiger partial charge on any atom is 0.223 e. The van der Waals surface area contributed by atoms with E-state index in [1.807, 2.05) is 24.3 Å². The Bertz CT molecular complexity index is 360. The zero-order valence-corrected chi connectivity index (χ0v) is 10.3. The predicted octanol–water partition coefficient (Wildman–Crippen LogP) is 2.72. The van der Waals surface area contributed by atoms with Crippen LogP contribution in [0.3, 0.4) is 0 Å². The van der Waals surface area contributed by atoms with Crippen molar-refractivity contribution in [2.45, 2.75) is 19.9 Å². The fourth-order valence-electron chi connectivity index (χ4n) is 1.61. The summed E-state index contributed by atoms with van der Waals surface area (Å²) in [6.07, 6.45) is 1.05. The third-order valence-electron chi connectivity index (χ3n) is 2.83. The Labute approximate surface area is 98.2 Å². The van der Waals surface area contributed by atoms with Gasteiger partial charge < -0.3 is 5.32 Å². The van der Waals surface area contributed by atoms with Crippen molar-refractivity contribution < 1.29 is 4.79 Å². The lowest BCUT2D eigenvalue weighted by Crippen LogP contribution is -2.24. The molecule has 1 N–H and O–H groups in total. The van der Waals surface area contributed by atoms with Gasteiger partial charge in [0, 0.05) is 16.9 Å². The molecule has 1 saturated carbocycles. The van der Waals surface area contributed by atoms with Crippen LogP contribution in [0.1, 0.15) is 18.9 Å². The number of hydrogen-bond acceptors (Lipinski definition) is 1. The van der Waals surface area contributed by atoms with Crippen LogP contribution in [0.2, 0.25) is 0 Å². The third-order valence-corrected chi connectivity index (χ3v) is 3.35. The minimum atomic E-state index is 0.199. The van der Waals surface area contributed by atoms with Gasteiger partial charge in [-0.05, 0) is 30.0 Å². The van der Waals surface area contributed by atoms with Gasteiger partial charge in [0.15, 0.2) is 0 Å². The number of nitrogens with one attached hydrogen (secondary N) is 1. The Kier molecular flexibility index (Phi) is 3.10. The first-order valence-corrected chi connectivity index (χ1v) is 5.98. The molecule has 0 spiro atoms. The second-order valence-electron chi connectivity index (χ2n) is 4.16. The van der Waals surface area contributed by atoms with Gasteiger partial charge in [-0.2, -0.15) is 0 Å². The van der Waals surface area contributed by atoms with E-state index in [2.05, 4.69) is 28.2 Å². The molecular weight excluding hydrogens is 254 g/mol. The molecule has 1 amide bonds. The van der Waals surface area contributed by atoms with Gasteiger partial charge in [0.25, 0.3) is 0 Å². The van der Waals surface area contributed by atoms with E-state index in [1.165, 1.54) is 0 Å². The van der Waals surface area contributed by atoms with E-state index in [4.69, 9.17) is 0 Å². The highest BCUT2D eigenvalue weighted by atomic mass is 79.9. The molecule has 0 bridgehead atoms. The van der Waals surface area contributed by atoms with Crippen molar-refractivity contribution in [3.63, 3.8) is 0 Å². The molecule has 15 heavy (non-hydrogen) atoms. The van der Waals surface area contributed by atoms with Crippen molar-refractivity contribution in [3.05, 3.63) is 34.3 Å². The lowest BCUT2D eigenvalue weighted by molar-refractivity contribution is -0.122. The van der Waals surface area contributed by atoms with Gasteiger partial charge in [0.05, 0.1) is 0 Å². The van der Waals surface area contributed by atoms with Gasteiger partial charge in [0.2, 0.25) is 5.91 Å². The van der Waals surface area contributed by atoms with Crippen molar-refractivity contribution in [1.82, 2.24) is 5.32 Å². The summed E-state index contributed by atoms with van der Waals surface area (Å²) in [5.41, 5.74) is 1.14. The SMILES string of the molecule is CC1CC1C(=O)NCc1ccc(Br)cc1. The molecule has 2 atom stereocenters. The first-order chi connectivity index (χ1) is 7.16. The summed E-state index contributed by atoms with van der Waals surface area (Å²) in [6, 6.07) is 8.00. The largest absolute Gasteiger partial charge is 0.352 e. The van der Waals surface area contributed by atoms with Crippen LogP contribution >= 0.6 is 15.9 Å². The summed E-state index contributed by atoms with van der Waals surface area (Å²) in [7, 11) is 0. The van der Waals surface area contributed by atoms with E-state index >= 15 is 0 Å². The summed E-state index contributed by atoms with van der Waals surface area (Å²) in [6.45, 7) is 2.75. The summed E-state index contributed by atoms with van der Waals surface area (Å²) in [5.74, 6) is 1.04. The zero-order chi connectivity index (χ0) is 10.8. The van der Waals surface area contributed by atoms with Crippen molar-refractivity contribution in [2.75, 3.05) is 0 Å². The number of carbonyl (C=O) groups is 1. The van der Waals surface area contributed by atoms with Gasteiger partial charge in [-0.15, -0.1) is 0 Å². The van der Waals surface area contributed by atoms with E-state index in [-0.39, 0.29) is 11.8 Å². The first kappa shape index (κ1) is 10.7. The molecule has 0 aliphatic heterocycles. The number of hydrogen-bond donors (Lipinski definition) is 1. The van der Waals surface area contributed by atoms with E-state index in [0.717, 1.165) is 16.5 Å². The molecule has 1 fully saturated rings. The van der Waals surface area contributed by atoms with Crippen LogP contribution in [0.5, 0.6) is 0 Å². The van der Waals surface area contributed by atoms with Crippen LogP contribution in [0.4, 0.5) is 0 Å². The minimum Gasteiger partial charge on any atom is -0.352 e. The molecule has 2 nitrogen and oxygen atoms in total. The molecule has 80 valence electrons. The van der Waals surface area contributed by atoms with Crippen LogP contribution in [-0.4, -0.2) is 5.91 Å². The lowest BCUT2D eigenvalue weighted by atomic mass is 10.2. The summed E-state index contributed by atoms with van der Waals surface area (Å²) in [5, 5.41) is 2.96. The summed E-state index contributed by atoms with van der Waals surface area (Å²) < 4.78 is 1.06. The van der Waals surface area contributed by atoms with Gasteiger partial charge in [0.1, 0.15) is 0 Å². The van der Waals surface area contributed by atoms with Crippen LogP contribution < -0.4 is 5.32 Å². The highest BCUT2D eigenvalue weighted by molar-refractivity contribution is 9.10. The van der Waals surface area contributed by atoms with Crippen molar-refractivity contribution >= 4 is 21.8 Å². The van der Waals surface area contributed by atoms with E-state index < -0.39 is 0 Å². The van der Waals surface area contributed by atoms with Crippen LogP contribution in [0.15, 0.2) is 28.7 Å². The van der Waals surface area contributed by atoms with Gasteiger partial charge in [-0.1, -0.05) is 35.0 Å². The van der Waals surface area contributed by atoms with Crippen LogP contribution in [-0.2, 0) is 11.3 Å². The second kappa shape index (κ2) is 4.35. The average molecular weight is 268 g/mol. The molecule has 3 heteroatoms. The van der Waals surface area contributed by atoms with Crippen LogP contribution in [0.25, 0.3) is 0 Å². The third kappa shape index (κ3) is 2.81. The first-order valence-electron chi connectivity index (χ1n) is 5.19. The monoisotopic (exact) mass is 267 g/mol. The average Bonchev–Trinajstić information content (AvgIpc) is 2.94. The number of amides is 1. The molecule has 2 unspecified atom stereocenters. The molecule has 1 aromatic rings. The highest BCUT2D eigenvalue weighted by Gasteiger charge is 2.38. The molecule has 0 heterocycles. The maximum absolute atomic E-state index is 11.5. The van der Waals surface area contributed by atoms with Crippen molar-refractivity contribution in [1.29, 1.82) is 0 Å². The Balaban J connectivity index is 1.82. The molecule has 0 aromatic heterocycles. The highest BCUT2D eigenvalue weighted by Crippen LogP contribution is 2.37. The zero-order valence-electron chi connectivity index (χ0n) is 8.66. The molecular formula is C12H14BrNO. The molecule has 1 aliphatic carbocycles. The lowest BCUT2D eigenvalue weighted by Gasteiger charge is -2.04. The maximum atomic E-state index is 11.5. The molecule has 1 aromatic carbocycles. The topological polar surface area (TPSA) is 29.1 Å². The van der Waals surface area contributed by atoms with Crippen molar-refractivity contribution in [3.8, 4) is 0 Å². The second-order valence-corrected chi connectivity index (χ2v) is 5.08. The van der Waals surface area contributed by atoms with E-state index in [9.17, 15) is 4.79 Å². The predicted molar refractivity (Wildman–Crippen MR) is 63.3 cm³/mol. The molecule has 2 rings (SSSR count). The Hall–Kier alpha value is -0.830.